The maximum Gasteiger partial charge on any atom is 0.225 e. The predicted octanol–water partition coefficient (Wildman–Crippen LogP) is 2.72. The van der Waals surface area contributed by atoms with Crippen molar-refractivity contribution in [3.8, 4) is 5.88 Å². The van der Waals surface area contributed by atoms with Gasteiger partial charge in [-0.2, -0.15) is 4.37 Å². The fourth-order valence-electron chi connectivity index (χ4n) is 2.46. The van der Waals surface area contributed by atoms with E-state index in [1.165, 1.54) is 11.5 Å². The average molecular weight is 289 g/mol. The Kier molecular flexibility index (Phi) is 3.40. The van der Waals surface area contributed by atoms with Gasteiger partial charge in [0.25, 0.3) is 0 Å². The number of hydrogen-bond donors (Lipinski definition) is 1. The fourth-order valence-corrected chi connectivity index (χ4v) is 3.33. The molecule has 6 heteroatoms. The van der Waals surface area contributed by atoms with Crippen molar-refractivity contribution >= 4 is 22.4 Å². The van der Waals surface area contributed by atoms with Gasteiger partial charge in [-0.25, -0.2) is 4.98 Å². The number of pyridine rings is 1. The summed E-state index contributed by atoms with van der Waals surface area (Å²) >= 11 is 1.34. The zero-order chi connectivity index (χ0) is 14.1. The lowest BCUT2D eigenvalue weighted by Crippen LogP contribution is -2.22. The first-order chi connectivity index (χ1) is 9.69. The second kappa shape index (κ2) is 5.20. The largest absolute Gasteiger partial charge is 0.478 e. The summed E-state index contributed by atoms with van der Waals surface area (Å²) < 4.78 is 9.68. The number of nitrogens with one attached hydrogen (secondary N) is 1. The Balaban J connectivity index is 1.97. The van der Waals surface area contributed by atoms with Crippen LogP contribution in [0.3, 0.4) is 0 Å². The number of anilines is 1. The second-order valence-corrected chi connectivity index (χ2v) is 5.45. The van der Waals surface area contributed by atoms with Crippen LogP contribution in [0.25, 0.3) is 0 Å². The summed E-state index contributed by atoms with van der Waals surface area (Å²) in [6.07, 6.45) is 2.22. The molecule has 1 aliphatic heterocycles. The van der Waals surface area contributed by atoms with Crippen LogP contribution in [0, 0.1) is 6.92 Å². The van der Waals surface area contributed by atoms with E-state index in [4.69, 9.17) is 4.74 Å². The van der Waals surface area contributed by atoms with Crippen LogP contribution in [0.2, 0.25) is 0 Å². The lowest BCUT2D eigenvalue weighted by molar-refractivity contribution is -0.116. The third-order valence-corrected chi connectivity index (χ3v) is 4.22. The Morgan fingerprint density at radius 1 is 1.50 bits per heavy atom. The van der Waals surface area contributed by atoms with Crippen LogP contribution < -0.4 is 10.1 Å². The minimum Gasteiger partial charge on any atom is -0.478 e. The molecule has 0 radical (unpaired) electrons. The maximum atomic E-state index is 11.8. The minimum absolute atomic E-state index is 0.0278. The number of rotatable bonds is 3. The highest BCUT2D eigenvalue weighted by Crippen LogP contribution is 2.41. The number of hydrogen-bond acceptors (Lipinski definition) is 5. The molecule has 0 bridgehead atoms. The fraction of sp³-hybridized carbons (Fsp3) is 0.357. The van der Waals surface area contributed by atoms with Crippen molar-refractivity contribution < 1.29 is 9.53 Å². The highest BCUT2D eigenvalue weighted by atomic mass is 32.1. The number of aryl methyl sites for hydroxylation is 1. The van der Waals surface area contributed by atoms with Gasteiger partial charge in [0.1, 0.15) is 5.00 Å². The first kappa shape index (κ1) is 13.1. The molecule has 5 nitrogen and oxygen atoms in total. The van der Waals surface area contributed by atoms with E-state index in [-0.39, 0.29) is 11.8 Å². The molecule has 0 aliphatic carbocycles. The van der Waals surface area contributed by atoms with Crippen molar-refractivity contribution in [1.82, 2.24) is 9.36 Å². The van der Waals surface area contributed by atoms with Gasteiger partial charge in [-0.1, -0.05) is 6.07 Å². The van der Waals surface area contributed by atoms with Crippen LogP contribution in [0.1, 0.15) is 36.1 Å². The van der Waals surface area contributed by atoms with E-state index in [1.54, 1.807) is 6.20 Å². The Labute approximate surface area is 121 Å². The van der Waals surface area contributed by atoms with Gasteiger partial charge in [-0.05, 0) is 30.9 Å². The minimum atomic E-state index is 0.0278. The maximum absolute atomic E-state index is 11.8. The van der Waals surface area contributed by atoms with Gasteiger partial charge in [0.2, 0.25) is 11.8 Å². The van der Waals surface area contributed by atoms with E-state index in [1.807, 2.05) is 26.0 Å². The van der Waals surface area contributed by atoms with Crippen LogP contribution in [-0.2, 0) is 4.79 Å². The van der Waals surface area contributed by atoms with Gasteiger partial charge < -0.3 is 10.1 Å². The molecule has 1 aliphatic rings. The molecule has 1 atom stereocenters. The van der Waals surface area contributed by atoms with E-state index in [9.17, 15) is 4.79 Å². The zero-order valence-corrected chi connectivity index (χ0v) is 12.2. The molecule has 0 aromatic carbocycles. The van der Waals surface area contributed by atoms with Gasteiger partial charge in [-0.3, -0.25) is 4.79 Å². The smallest absolute Gasteiger partial charge is 0.225 e. The topological polar surface area (TPSA) is 64.1 Å². The first-order valence-electron chi connectivity index (χ1n) is 6.53. The van der Waals surface area contributed by atoms with E-state index >= 15 is 0 Å². The van der Waals surface area contributed by atoms with Gasteiger partial charge >= 0.3 is 0 Å². The van der Waals surface area contributed by atoms with Crippen molar-refractivity contribution in [3.05, 3.63) is 35.2 Å². The predicted molar refractivity (Wildman–Crippen MR) is 77.3 cm³/mol. The Morgan fingerprint density at radius 2 is 2.35 bits per heavy atom. The standard InChI is InChI=1S/C14H15N3O2S/c1-3-19-12-5-4-9(7-15-12)10-6-11(18)16-14-13(10)8(2)17-20-14/h4-5,7,10H,3,6H2,1-2H3,(H,16,18). The monoisotopic (exact) mass is 289 g/mol. The number of aromatic nitrogens is 2. The summed E-state index contributed by atoms with van der Waals surface area (Å²) in [7, 11) is 0. The third kappa shape index (κ3) is 2.27. The molecule has 20 heavy (non-hydrogen) atoms. The van der Waals surface area contributed by atoms with Crippen molar-refractivity contribution in [2.24, 2.45) is 0 Å². The molecule has 104 valence electrons. The quantitative estimate of drug-likeness (QED) is 0.943. The molecule has 2 aromatic rings. The summed E-state index contributed by atoms with van der Waals surface area (Å²) in [5.74, 6) is 0.664. The molecule has 0 fully saturated rings. The average Bonchev–Trinajstić information content (AvgIpc) is 2.81. The summed E-state index contributed by atoms with van der Waals surface area (Å²) in [4.78, 5) is 16.1. The Morgan fingerprint density at radius 3 is 3.05 bits per heavy atom. The molecule has 0 spiro atoms. The second-order valence-electron chi connectivity index (χ2n) is 4.68. The van der Waals surface area contributed by atoms with Crippen molar-refractivity contribution in [2.45, 2.75) is 26.2 Å². The third-order valence-electron chi connectivity index (χ3n) is 3.35. The van der Waals surface area contributed by atoms with Gasteiger partial charge in [-0.15, -0.1) is 0 Å². The van der Waals surface area contributed by atoms with E-state index < -0.39 is 0 Å². The van der Waals surface area contributed by atoms with Gasteiger partial charge in [0.05, 0.1) is 12.3 Å². The van der Waals surface area contributed by atoms with E-state index in [0.717, 1.165) is 21.8 Å². The number of amides is 1. The number of carbonyl (C=O) groups is 1. The highest BCUT2D eigenvalue weighted by molar-refractivity contribution is 7.10. The van der Waals surface area contributed by atoms with Crippen LogP contribution in [0.5, 0.6) is 5.88 Å². The SMILES string of the molecule is CCOc1ccc(C2CC(=O)Nc3snc(C)c32)cn1. The lowest BCUT2D eigenvalue weighted by atomic mass is 9.87. The van der Waals surface area contributed by atoms with Gasteiger partial charge in [0.15, 0.2) is 0 Å². The van der Waals surface area contributed by atoms with Crippen LogP contribution in [-0.4, -0.2) is 21.9 Å². The van der Waals surface area contributed by atoms with Gasteiger partial charge in [0, 0.05) is 30.2 Å². The number of ether oxygens (including phenoxy) is 1. The summed E-state index contributed by atoms with van der Waals surface area (Å²) in [5, 5.41) is 3.74. The van der Waals surface area contributed by atoms with Crippen molar-refractivity contribution in [2.75, 3.05) is 11.9 Å². The lowest BCUT2D eigenvalue weighted by Gasteiger charge is -2.23. The summed E-state index contributed by atoms with van der Waals surface area (Å²) in [6.45, 7) is 4.49. The van der Waals surface area contributed by atoms with Crippen LogP contribution in [0.4, 0.5) is 5.00 Å². The van der Waals surface area contributed by atoms with Crippen molar-refractivity contribution in [3.63, 3.8) is 0 Å². The molecule has 3 rings (SSSR count). The van der Waals surface area contributed by atoms with E-state index in [0.29, 0.717) is 18.9 Å². The molecule has 1 N–H and O–H groups in total. The normalized spacial score (nSPS) is 17.5. The number of fused-ring (bicyclic) bond motifs is 1. The first-order valence-corrected chi connectivity index (χ1v) is 7.31. The Bertz CT molecular complexity index is 636. The van der Waals surface area contributed by atoms with Crippen LogP contribution in [0.15, 0.2) is 18.3 Å². The van der Waals surface area contributed by atoms with Crippen LogP contribution >= 0.6 is 11.5 Å². The zero-order valence-electron chi connectivity index (χ0n) is 11.3. The number of carbonyl (C=O) groups excluding carboxylic acids is 1. The molecular formula is C14H15N3O2S. The Hall–Kier alpha value is -1.95. The molecule has 3 heterocycles. The summed E-state index contributed by atoms with van der Waals surface area (Å²) in [5.41, 5.74) is 3.11. The summed E-state index contributed by atoms with van der Waals surface area (Å²) in [6, 6.07) is 3.82. The molecule has 1 unspecified atom stereocenters. The molecule has 0 saturated heterocycles. The molecule has 1 amide bonds. The van der Waals surface area contributed by atoms with E-state index in [2.05, 4.69) is 14.7 Å². The molecular weight excluding hydrogens is 274 g/mol. The highest BCUT2D eigenvalue weighted by Gasteiger charge is 2.30. The van der Waals surface area contributed by atoms with Crippen molar-refractivity contribution in [1.29, 1.82) is 0 Å². The molecule has 2 aromatic heterocycles. The number of nitrogens with zero attached hydrogens (tertiary/aromatic N) is 2. The molecule has 0 saturated carbocycles.